The molecule has 0 atom stereocenters. The lowest BCUT2D eigenvalue weighted by atomic mass is 10.2. The van der Waals surface area contributed by atoms with Crippen molar-refractivity contribution in [3.05, 3.63) is 18.0 Å². The number of hydrogen-bond donors (Lipinski definition) is 2. The van der Waals surface area contributed by atoms with Crippen LogP contribution in [0.3, 0.4) is 0 Å². The van der Waals surface area contributed by atoms with Crippen LogP contribution in [0.5, 0.6) is 0 Å². The van der Waals surface area contributed by atoms with Crippen molar-refractivity contribution in [1.29, 1.82) is 0 Å². The molecule has 1 saturated carbocycles. The van der Waals surface area contributed by atoms with Gasteiger partial charge in [0.05, 0.1) is 4.90 Å². The van der Waals surface area contributed by atoms with E-state index in [1.165, 1.54) is 0 Å². The molecule has 0 radical (unpaired) electrons. The Bertz CT molecular complexity index is 545. The molecule has 2 rings (SSSR count). The molecule has 0 saturated heterocycles. The van der Waals surface area contributed by atoms with Gasteiger partial charge in [-0.15, -0.1) is 0 Å². The van der Waals surface area contributed by atoms with Gasteiger partial charge in [-0.3, -0.25) is 0 Å². The maximum atomic E-state index is 12.3. The zero-order valence-electron chi connectivity index (χ0n) is 12.5. The normalized spacial score (nSPS) is 16.0. The first-order valence-corrected chi connectivity index (χ1v) is 8.83. The lowest BCUT2D eigenvalue weighted by Gasteiger charge is -2.07. The summed E-state index contributed by atoms with van der Waals surface area (Å²) < 4.78 is 29.3. The van der Waals surface area contributed by atoms with Gasteiger partial charge in [0.25, 0.3) is 0 Å². The molecule has 1 aliphatic rings. The van der Waals surface area contributed by atoms with Gasteiger partial charge in [0.15, 0.2) is 0 Å². The third-order valence-corrected chi connectivity index (χ3v) is 4.79. The summed E-state index contributed by atoms with van der Waals surface area (Å²) in [5.74, 6) is 0.302. The van der Waals surface area contributed by atoms with Gasteiger partial charge in [-0.1, -0.05) is 20.8 Å². The van der Waals surface area contributed by atoms with E-state index < -0.39 is 10.0 Å². The number of nitrogens with one attached hydrogen (secondary N) is 2. The SMILES string of the molecule is CCNCc1cc(S(=O)(=O)NCC(C)C)cn1C1CC1. The third kappa shape index (κ3) is 3.84. The lowest BCUT2D eigenvalue weighted by molar-refractivity contribution is 0.559. The second-order valence-corrected chi connectivity index (χ2v) is 7.60. The first-order chi connectivity index (χ1) is 9.44. The smallest absolute Gasteiger partial charge is 0.242 e. The van der Waals surface area contributed by atoms with Gasteiger partial charge in [0.2, 0.25) is 10.0 Å². The summed E-state index contributed by atoms with van der Waals surface area (Å²) in [5.41, 5.74) is 1.05. The molecule has 0 amide bonds. The molecular formula is C14H25N3O2S. The Kier molecular flexibility index (Phi) is 4.88. The molecule has 5 nitrogen and oxygen atoms in total. The van der Waals surface area contributed by atoms with E-state index in [1.807, 2.05) is 20.8 Å². The van der Waals surface area contributed by atoms with Crippen molar-refractivity contribution in [2.24, 2.45) is 5.92 Å². The summed E-state index contributed by atoms with van der Waals surface area (Å²) in [7, 11) is -3.39. The van der Waals surface area contributed by atoms with Gasteiger partial charge in [0.1, 0.15) is 0 Å². The first kappa shape index (κ1) is 15.5. The Hall–Kier alpha value is -0.850. The van der Waals surface area contributed by atoms with Crippen molar-refractivity contribution >= 4 is 10.0 Å². The second-order valence-electron chi connectivity index (χ2n) is 5.83. The van der Waals surface area contributed by atoms with Crippen LogP contribution in [0.1, 0.15) is 45.3 Å². The molecular weight excluding hydrogens is 274 g/mol. The summed E-state index contributed by atoms with van der Waals surface area (Å²) in [4.78, 5) is 0.387. The zero-order valence-corrected chi connectivity index (χ0v) is 13.3. The molecule has 0 bridgehead atoms. The average Bonchev–Trinajstić information content (AvgIpc) is 3.14. The lowest BCUT2D eigenvalue weighted by Crippen LogP contribution is -2.27. The molecule has 1 aromatic heterocycles. The van der Waals surface area contributed by atoms with Gasteiger partial charge >= 0.3 is 0 Å². The fourth-order valence-corrected chi connectivity index (χ4v) is 3.35. The standard InChI is InChI=1S/C14H25N3O2S/c1-4-15-9-13-7-14(10-17(13)12-5-6-12)20(18,19)16-8-11(2)3/h7,10-12,15-16H,4-6,8-9H2,1-3H3. The Balaban J connectivity index is 2.18. The highest BCUT2D eigenvalue weighted by molar-refractivity contribution is 7.89. The number of rotatable bonds is 8. The Morgan fingerprint density at radius 1 is 1.40 bits per heavy atom. The van der Waals surface area contributed by atoms with E-state index >= 15 is 0 Å². The highest BCUT2D eigenvalue weighted by Crippen LogP contribution is 2.37. The number of hydrogen-bond acceptors (Lipinski definition) is 3. The highest BCUT2D eigenvalue weighted by atomic mass is 32.2. The van der Waals surface area contributed by atoms with Gasteiger partial charge in [-0.2, -0.15) is 0 Å². The zero-order chi connectivity index (χ0) is 14.8. The van der Waals surface area contributed by atoms with E-state index in [0.717, 1.165) is 25.1 Å². The van der Waals surface area contributed by atoms with Crippen molar-refractivity contribution in [1.82, 2.24) is 14.6 Å². The molecule has 20 heavy (non-hydrogen) atoms. The van der Waals surface area contributed by atoms with Crippen LogP contribution in [0.15, 0.2) is 17.2 Å². The third-order valence-electron chi connectivity index (χ3n) is 3.40. The van der Waals surface area contributed by atoms with Crippen LogP contribution < -0.4 is 10.0 Å². The minimum absolute atomic E-state index is 0.302. The van der Waals surface area contributed by atoms with E-state index in [2.05, 4.69) is 14.6 Å². The van der Waals surface area contributed by atoms with Crippen LogP contribution in [0, 0.1) is 5.92 Å². The second kappa shape index (κ2) is 6.28. The molecule has 1 aromatic rings. The monoisotopic (exact) mass is 299 g/mol. The van der Waals surface area contributed by atoms with Crippen molar-refractivity contribution in [2.75, 3.05) is 13.1 Å². The van der Waals surface area contributed by atoms with E-state index in [4.69, 9.17) is 0 Å². The van der Waals surface area contributed by atoms with Gasteiger partial charge in [-0.05, 0) is 31.4 Å². The van der Waals surface area contributed by atoms with Crippen LogP contribution in [0.2, 0.25) is 0 Å². The molecule has 1 aliphatic carbocycles. The quantitative estimate of drug-likeness (QED) is 0.770. The summed E-state index contributed by atoms with van der Waals surface area (Å²) in [5, 5.41) is 3.27. The van der Waals surface area contributed by atoms with Crippen LogP contribution in [-0.2, 0) is 16.6 Å². The van der Waals surface area contributed by atoms with Crippen LogP contribution in [0.4, 0.5) is 0 Å². The molecule has 6 heteroatoms. The predicted molar refractivity (Wildman–Crippen MR) is 80.1 cm³/mol. The number of aromatic nitrogens is 1. The van der Waals surface area contributed by atoms with Gasteiger partial charge < -0.3 is 9.88 Å². The van der Waals surface area contributed by atoms with Crippen LogP contribution >= 0.6 is 0 Å². The molecule has 1 heterocycles. The molecule has 1 fully saturated rings. The Morgan fingerprint density at radius 2 is 2.10 bits per heavy atom. The van der Waals surface area contributed by atoms with Gasteiger partial charge in [-0.25, -0.2) is 13.1 Å². The van der Waals surface area contributed by atoms with Crippen LogP contribution in [-0.4, -0.2) is 26.1 Å². The highest BCUT2D eigenvalue weighted by Gasteiger charge is 2.28. The maximum absolute atomic E-state index is 12.3. The molecule has 0 aliphatic heterocycles. The summed E-state index contributed by atoms with van der Waals surface area (Å²) >= 11 is 0. The maximum Gasteiger partial charge on any atom is 0.242 e. The molecule has 0 spiro atoms. The Labute approximate surface area is 121 Å². The van der Waals surface area contributed by atoms with E-state index in [-0.39, 0.29) is 0 Å². The summed E-state index contributed by atoms with van der Waals surface area (Å²) in [6.07, 6.45) is 4.08. The molecule has 2 N–H and O–H groups in total. The minimum Gasteiger partial charge on any atom is -0.346 e. The molecule has 0 unspecified atom stereocenters. The topological polar surface area (TPSA) is 63.1 Å². The molecule has 114 valence electrons. The Morgan fingerprint density at radius 3 is 2.65 bits per heavy atom. The largest absolute Gasteiger partial charge is 0.346 e. The summed E-state index contributed by atoms with van der Waals surface area (Å²) in [6, 6.07) is 2.28. The van der Waals surface area contributed by atoms with Crippen molar-refractivity contribution in [2.45, 2.75) is 51.1 Å². The fourth-order valence-electron chi connectivity index (χ4n) is 2.09. The summed E-state index contributed by atoms with van der Waals surface area (Å²) in [6.45, 7) is 8.10. The number of nitrogens with zero attached hydrogens (tertiary/aromatic N) is 1. The van der Waals surface area contributed by atoms with Gasteiger partial charge in [0, 0.05) is 31.0 Å². The van der Waals surface area contributed by atoms with E-state index in [0.29, 0.717) is 29.9 Å². The molecule has 0 aromatic carbocycles. The fraction of sp³-hybridized carbons (Fsp3) is 0.714. The van der Waals surface area contributed by atoms with Crippen molar-refractivity contribution in [3.8, 4) is 0 Å². The van der Waals surface area contributed by atoms with Crippen LogP contribution in [0.25, 0.3) is 0 Å². The van der Waals surface area contributed by atoms with Crippen molar-refractivity contribution in [3.63, 3.8) is 0 Å². The van der Waals surface area contributed by atoms with Crippen molar-refractivity contribution < 1.29 is 8.42 Å². The van der Waals surface area contributed by atoms with E-state index in [9.17, 15) is 8.42 Å². The predicted octanol–water partition coefficient (Wildman–Crippen LogP) is 1.87. The first-order valence-electron chi connectivity index (χ1n) is 7.35. The number of sulfonamides is 1. The van der Waals surface area contributed by atoms with E-state index in [1.54, 1.807) is 12.3 Å². The minimum atomic E-state index is -3.39. The average molecular weight is 299 g/mol.